The summed E-state index contributed by atoms with van der Waals surface area (Å²) >= 11 is 0. The third-order valence-electron chi connectivity index (χ3n) is 6.79. The molecule has 35 heavy (non-hydrogen) atoms. The third-order valence-corrected chi connectivity index (χ3v) is 6.79. The Morgan fingerprint density at radius 3 is 2.57 bits per heavy atom. The van der Waals surface area contributed by atoms with Crippen LogP contribution in [0.4, 0.5) is 5.69 Å². The number of aliphatic hydroxyl groups is 1. The Balaban J connectivity index is 1.65. The number of carbonyl (C=O) groups excluding carboxylic acids is 3. The molecular formula is C27H29N3O5. The summed E-state index contributed by atoms with van der Waals surface area (Å²) in [6.07, 6.45) is 5.31. The molecule has 1 aliphatic carbocycles. The average molecular weight is 476 g/mol. The van der Waals surface area contributed by atoms with Crippen molar-refractivity contribution in [2.45, 2.75) is 51.9 Å². The molecule has 1 aromatic heterocycles. The average Bonchev–Trinajstić information content (AvgIpc) is 3.31. The molecule has 8 nitrogen and oxygen atoms in total. The molecule has 2 heterocycles. The number of nitrogens with one attached hydrogen (secondary N) is 1. The van der Waals surface area contributed by atoms with Crippen molar-refractivity contribution in [2.24, 2.45) is 5.41 Å². The normalized spacial score (nSPS) is 18.2. The van der Waals surface area contributed by atoms with E-state index in [2.05, 4.69) is 25.2 Å². The van der Waals surface area contributed by atoms with Crippen LogP contribution >= 0.6 is 0 Å². The van der Waals surface area contributed by atoms with Crippen LogP contribution in [0.1, 0.15) is 79.3 Å². The van der Waals surface area contributed by atoms with Crippen molar-refractivity contribution in [2.75, 3.05) is 18.5 Å². The Kier molecular flexibility index (Phi) is 6.90. The number of benzene rings is 1. The highest BCUT2D eigenvalue weighted by Crippen LogP contribution is 2.41. The topological polar surface area (TPSA) is 124 Å². The van der Waals surface area contributed by atoms with Gasteiger partial charge in [0.15, 0.2) is 5.76 Å². The first-order chi connectivity index (χ1) is 16.7. The van der Waals surface area contributed by atoms with Gasteiger partial charge >= 0.3 is 0 Å². The van der Waals surface area contributed by atoms with Crippen LogP contribution in [-0.2, 0) is 9.59 Å². The number of rotatable bonds is 6. The molecule has 2 aromatic rings. The van der Waals surface area contributed by atoms with Gasteiger partial charge in [-0.25, -0.2) is 0 Å². The number of hydrogen-bond acceptors (Lipinski definition) is 6. The molecule has 0 spiro atoms. The van der Waals surface area contributed by atoms with Crippen LogP contribution in [-0.4, -0.2) is 40.9 Å². The van der Waals surface area contributed by atoms with E-state index in [1.165, 1.54) is 12.1 Å². The summed E-state index contributed by atoms with van der Waals surface area (Å²) in [5.74, 6) is -1.20. The van der Waals surface area contributed by atoms with Gasteiger partial charge in [-0.2, -0.15) is 5.26 Å². The lowest BCUT2D eigenvalue weighted by molar-refractivity contribution is -0.149. The number of nitriles is 1. The van der Waals surface area contributed by atoms with Gasteiger partial charge in [0.2, 0.25) is 17.6 Å². The molecule has 1 saturated heterocycles. The first kappa shape index (κ1) is 24.4. The number of β-amino-alcohol motifs (C(OH)–C–C–N with tert-alkyl or cyclic N) is 1. The van der Waals surface area contributed by atoms with E-state index >= 15 is 0 Å². The van der Waals surface area contributed by atoms with E-state index in [1.807, 2.05) is 18.2 Å². The van der Waals surface area contributed by atoms with Gasteiger partial charge in [-0.1, -0.05) is 26.0 Å². The highest BCUT2D eigenvalue weighted by Gasteiger charge is 2.33. The molecule has 0 radical (unpaired) electrons. The number of allylic oxidation sites excluding steroid dienone is 2. The fraction of sp³-hybridized carbons (Fsp3) is 0.407. The van der Waals surface area contributed by atoms with Crippen molar-refractivity contribution in [3.63, 3.8) is 0 Å². The maximum absolute atomic E-state index is 12.8. The molecule has 0 bridgehead atoms. The minimum atomic E-state index is -0.458. The van der Waals surface area contributed by atoms with Gasteiger partial charge in [0.1, 0.15) is 6.07 Å². The third kappa shape index (κ3) is 5.36. The molecule has 182 valence electrons. The van der Waals surface area contributed by atoms with Crippen LogP contribution in [0, 0.1) is 16.7 Å². The second kappa shape index (κ2) is 9.88. The lowest BCUT2D eigenvalue weighted by Crippen LogP contribution is -2.44. The van der Waals surface area contributed by atoms with Gasteiger partial charge in [0.25, 0.3) is 5.91 Å². The summed E-state index contributed by atoms with van der Waals surface area (Å²) in [5.41, 5.74) is 3.63. The van der Waals surface area contributed by atoms with Crippen LogP contribution in [0.2, 0.25) is 0 Å². The number of piperidine rings is 1. The van der Waals surface area contributed by atoms with Crippen LogP contribution in [0.15, 0.2) is 40.8 Å². The quantitative estimate of drug-likeness (QED) is 0.603. The Morgan fingerprint density at radius 2 is 1.97 bits per heavy atom. The summed E-state index contributed by atoms with van der Waals surface area (Å²) in [6.45, 7) is 4.21. The molecule has 0 atom stereocenters. The molecule has 3 amide bonds. The number of furan rings is 1. The SMILES string of the molecule is CC1(C)CC=C(c2cc(C3CC(=O)N(CCO)C(=O)C3)ccc2NC(=O)c2ccc(C#N)o2)CC1. The number of likely N-dealkylation sites (tertiary alicyclic amines) is 1. The zero-order chi connectivity index (χ0) is 25.2. The highest BCUT2D eigenvalue weighted by atomic mass is 16.3. The molecule has 4 rings (SSSR count). The summed E-state index contributed by atoms with van der Waals surface area (Å²) < 4.78 is 5.27. The van der Waals surface area contributed by atoms with E-state index in [-0.39, 0.29) is 60.7 Å². The van der Waals surface area contributed by atoms with E-state index < -0.39 is 5.91 Å². The smallest absolute Gasteiger partial charge is 0.291 e. The van der Waals surface area contributed by atoms with Crippen molar-refractivity contribution >= 4 is 29.0 Å². The predicted octanol–water partition coefficient (Wildman–Crippen LogP) is 4.22. The van der Waals surface area contributed by atoms with Crippen LogP contribution in [0.5, 0.6) is 0 Å². The Hall–Kier alpha value is -3.70. The Labute approximate surface area is 204 Å². The van der Waals surface area contributed by atoms with E-state index in [4.69, 9.17) is 14.8 Å². The van der Waals surface area contributed by atoms with E-state index in [0.717, 1.165) is 40.9 Å². The van der Waals surface area contributed by atoms with Crippen molar-refractivity contribution in [3.05, 3.63) is 59.1 Å². The van der Waals surface area contributed by atoms with Gasteiger partial charge < -0.3 is 14.8 Å². The number of nitrogens with zero attached hydrogens (tertiary/aromatic N) is 2. The first-order valence-corrected chi connectivity index (χ1v) is 11.8. The number of hydrogen-bond donors (Lipinski definition) is 2. The van der Waals surface area contributed by atoms with Crippen molar-refractivity contribution in [1.82, 2.24) is 4.90 Å². The number of amides is 3. The van der Waals surface area contributed by atoms with E-state index in [9.17, 15) is 14.4 Å². The van der Waals surface area contributed by atoms with Crippen LogP contribution in [0.25, 0.3) is 5.57 Å². The number of anilines is 1. The number of carbonyl (C=O) groups is 3. The molecule has 1 aliphatic heterocycles. The number of imide groups is 1. The summed E-state index contributed by atoms with van der Waals surface area (Å²) in [5, 5.41) is 21.0. The predicted molar refractivity (Wildman–Crippen MR) is 129 cm³/mol. The fourth-order valence-corrected chi connectivity index (χ4v) is 4.65. The fourth-order valence-electron chi connectivity index (χ4n) is 4.65. The molecule has 8 heteroatoms. The van der Waals surface area contributed by atoms with Crippen LogP contribution < -0.4 is 5.32 Å². The zero-order valence-corrected chi connectivity index (χ0v) is 20.0. The zero-order valence-electron chi connectivity index (χ0n) is 20.0. The van der Waals surface area contributed by atoms with Crippen molar-refractivity contribution in [1.29, 1.82) is 5.26 Å². The second-order valence-corrected chi connectivity index (χ2v) is 9.90. The van der Waals surface area contributed by atoms with Gasteiger partial charge in [0, 0.05) is 30.0 Å². The van der Waals surface area contributed by atoms with Gasteiger partial charge in [-0.3, -0.25) is 19.3 Å². The molecule has 2 aliphatic rings. The maximum atomic E-state index is 12.8. The van der Waals surface area contributed by atoms with Crippen molar-refractivity contribution in [3.8, 4) is 6.07 Å². The first-order valence-electron chi connectivity index (χ1n) is 11.8. The molecule has 0 unspecified atom stereocenters. The minimum absolute atomic E-state index is 0.0174. The van der Waals surface area contributed by atoms with Crippen molar-refractivity contribution < 1.29 is 23.9 Å². The van der Waals surface area contributed by atoms with Gasteiger partial charge in [0.05, 0.1) is 13.2 Å². The van der Waals surface area contributed by atoms with Gasteiger partial charge in [-0.15, -0.1) is 0 Å². The Morgan fingerprint density at radius 1 is 1.23 bits per heavy atom. The molecule has 1 aromatic carbocycles. The van der Waals surface area contributed by atoms with Crippen LogP contribution in [0.3, 0.4) is 0 Å². The maximum Gasteiger partial charge on any atom is 0.291 e. The minimum Gasteiger partial charge on any atom is -0.440 e. The highest BCUT2D eigenvalue weighted by molar-refractivity contribution is 6.04. The Bertz CT molecular complexity index is 1220. The monoisotopic (exact) mass is 475 g/mol. The largest absolute Gasteiger partial charge is 0.440 e. The number of aliphatic hydroxyl groups excluding tert-OH is 1. The van der Waals surface area contributed by atoms with E-state index in [0.29, 0.717) is 5.69 Å². The summed E-state index contributed by atoms with van der Waals surface area (Å²) in [7, 11) is 0. The van der Waals surface area contributed by atoms with E-state index in [1.54, 1.807) is 6.07 Å². The molecule has 1 fully saturated rings. The lowest BCUT2D eigenvalue weighted by atomic mass is 9.76. The molecule has 0 saturated carbocycles. The standard InChI is InChI=1S/C27H29N3O5/c1-27(2)9-7-17(8-10-27)21-13-18(19-14-24(32)30(11-12-31)25(33)15-19)3-5-22(21)29-26(34)23-6-4-20(16-28)35-23/h3-7,13,19,31H,8-12,14-15H2,1-2H3,(H,29,34). The second-order valence-electron chi connectivity index (χ2n) is 9.90. The summed E-state index contributed by atoms with van der Waals surface area (Å²) in [6, 6.07) is 10.4. The lowest BCUT2D eigenvalue weighted by Gasteiger charge is -2.31. The molecule has 2 N–H and O–H groups in total. The molecular weight excluding hydrogens is 446 g/mol. The summed E-state index contributed by atoms with van der Waals surface area (Å²) in [4.78, 5) is 39.0. The van der Waals surface area contributed by atoms with Gasteiger partial charge in [-0.05, 0) is 60.1 Å².